The Bertz CT molecular complexity index is 671. The van der Waals surface area contributed by atoms with E-state index in [1.54, 1.807) is 18.3 Å². The van der Waals surface area contributed by atoms with Crippen molar-refractivity contribution < 1.29 is 9.84 Å². The van der Waals surface area contributed by atoms with E-state index in [0.717, 1.165) is 21.8 Å². The van der Waals surface area contributed by atoms with Crippen LogP contribution in [0.2, 0.25) is 0 Å². The van der Waals surface area contributed by atoms with Gasteiger partial charge in [-0.1, -0.05) is 24.3 Å². The molecule has 0 unspecified atom stereocenters. The highest BCUT2D eigenvalue weighted by Gasteiger charge is 2.05. The molecule has 102 valence electrons. The summed E-state index contributed by atoms with van der Waals surface area (Å²) in [5.41, 5.74) is 1.90. The third-order valence-corrected chi connectivity index (χ3v) is 4.07. The summed E-state index contributed by atoms with van der Waals surface area (Å²) in [4.78, 5) is 4.53. The van der Waals surface area contributed by atoms with Gasteiger partial charge in [0.05, 0.1) is 16.3 Å². The van der Waals surface area contributed by atoms with Crippen LogP contribution in [0.25, 0.3) is 10.2 Å². The van der Waals surface area contributed by atoms with Gasteiger partial charge >= 0.3 is 0 Å². The predicted octanol–water partition coefficient (Wildman–Crippen LogP) is 3.93. The van der Waals surface area contributed by atoms with Gasteiger partial charge in [-0.2, -0.15) is 0 Å². The summed E-state index contributed by atoms with van der Waals surface area (Å²) in [6, 6.07) is 15.6. The van der Waals surface area contributed by atoms with Crippen molar-refractivity contribution in [2.45, 2.75) is 19.6 Å². The number of aromatic nitrogens is 1. The van der Waals surface area contributed by atoms with E-state index in [0.29, 0.717) is 6.61 Å². The number of aliphatic hydroxyl groups is 1. The molecule has 0 fully saturated rings. The Morgan fingerprint density at radius 3 is 2.60 bits per heavy atom. The summed E-state index contributed by atoms with van der Waals surface area (Å²) in [6.07, 6.45) is -0.451. The Morgan fingerprint density at radius 2 is 1.90 bits per heavy atom. The van der Waals surface area contributed by atoms with Crippen LogP contribution >= 0.6 is 11.3 Å². The lowest BCUT2D eigenvalue weighted by molar-refractivity contribution is 0.199. The molecular formula is C16H15NO2S. The second kappa shape index (κ2) is 5.61. The number of nitrogens with zero attached hydrogens (tertiary/aromatic N) is 1. The van der Waals surface area contributed by atoms with Gasteiger partial charge in [-0.25, -0.2) is 4.98 Å². The van der Waals surface area contributed by atoms with Crippen molar-refractivity contribution >= 4 is 21.6 Å². The number of benzene rings is 2. The van der Waals surface area contributed by atoms with Crippen LogP contribution in [0, 0.1) is 0 Å². The van der Waals surface area contributed by atoms with Gasteiger partial charge in [0.1, 0.15) is 17.4 Å². The molecule has 0 aliphatic heterocycles. The zero-order chi connectivity index (χ0) is 13.9. The smallest absolute Gasteiger partial charge is 0.140 e. The van der Waals surface area contributed by atoms with E-state index in [1.165, 1.54) is 4.70 Å². The maximum atomic E-state index is 9.45. The summed E-state index contributed by atoms with van der Waals surface area (Å²) in [6.45, 7) is 2.21. The number of hydrogen-bond acceptors (Lipinski definition) is 4. The minimum absolute atomic E-state index is 0.451. The zero-order valence-electron chi connectivity index (χ0n) is 11.1. The summed E-state index contributed by atoms with van der Waals surface area (Å²) < 4.78 is 6.90. The van der Waals surface area contributed by atoms with Gasteiger partial charge < -0.3 is 9.84 Å². The molecule has 0 amide bonds. The van der Waals surface area contributed by atoms with E-state index < -0.39 is 6.10 Å². The summed E-state index contributed by atoms with van der Waals surface area (Å²) >= 11 is 1.65. The second-order valence-corrected chi connectivity index (χ2v) is 5.72. The third-order valence-electron chi connectivity index (χ3n) is 3.06. The van der Waals surface area contributed by atoms with Gasteiger partial charge in [-0.05, 0) is 36.8 Å². The van der Waals surface area contributed by atoms with Crippen molar-refractivity contribution in [2.24, 2.45) is 0 Å². The lowest BCUT2D eigenvalue weighted by Gasteiger charge is -2.07. The molecule has 3 nitrogen and oxygen atoms in total. The first-order valence-electron chi connectivity index (χ1n) is 6.47. The van der Waals surface area contributed by atoms with Gasteiger partial charge in [-0.15, -0.1) is 11.3 Å². The fourth-order valence-electron chi connectivity index (χ4n) is 1.97. The molecule has 3 rings (SSSR count). The van der Waals surface area contributed by atoms with Gasteiger partial charge in [0.15, 0.2) is 0 Å². The van der Waals surface area contributed by atoms with Crippen molar-refractivity contribution in [2.75, 3.05) is 0 Å². The van der Waals surface area contributed by atoms with Crippen molar-refractivity contribution in [3.05, 3.63) is 59.1 Å². The first-order chi connectivity index (χ1) is 9.72. The van der Waals surface area contributed by atoms with Crippen molar-refractivity contribution in [3.63, 3.8) is 0 Å². The van der Waals surface area contributed by atoms with Gasteiger partial charge in [0.2, 0.25) is 0 Å². The molecule has 1 N–H and O–H groups in total. The second-order valence-electron chi connectivity index (χ2n) is 4.61. The first-order valence-corrected chi connectivity index (χ1v) is 7.29. The van der Waals surface area contributed by atoms with Gasteiger partial charge in [0, 0.05) is 0 Å². The zero-order valence-corrected chi connectivity index (χ0v) is 11.9. The third kappa shape index (κ3) is 2.81. The summed E-state index contributed by atoms with van der Waals surface area (Å²) in [5.74, 6) is 0.786. The van der Waals surface area contributed by atoms with Crippen LogP contribution in [-0.2, 0) is 6.61 Å². The van der Waals surface area contributed by atoms with Gasteiger partial charge in [-0.3, -0.25) is 0 Å². The fourth-order valence-corrected chi connectivity index (χ4v) is 2.85. The van der Waals surface area contributed by atoms with Crippen molar-refractivity contribution in [3.8, 4) is 5.75 Å². The maximum absolute atomic E-state index is 9.45. The number of hydrogen-bond donors (Lipinski definition) is 1. The first kappa shape index (κ1) is 13.1. The largest absolute Gasteiger partial charge is 0.486 e. The molecule has 3 aromatic rings. The molecule has 0 radical (unpaired) electrons. The molecule has 0 spiro atoms. The molecule has 1 aromatic heterocycles. The topological polar surface area (TPSA) is 42.4 Å². The monoisotopic (exact) mass is 285 g/mol. The molecule has 4 heteroatoms. The highest BCUT2D eigenvalue weighted by atomic mass is 32.1. The molecule has 0 saturated carbocycles. The number of thiazole rings is 1. The molecule has 1 atom stereocenters. The Hall–Kier alpha value is -1.91. The van der Waals surface area contributed by atoms with E-state index in [4.69, 9.17) is 4.74 Å². The number of aliphatic hydroxyl groups excluding tert-OH is 1. The maximum Gasteiger partial charge on any atom is 0.140 e. The quantitative estimate of drug-likeness (QED) is 0.789. The fraction of sp³-hybridized carbons (Fsp3) is 0.188. The van der Waals surface area contributed by atoms with Crippen LogP contribution in [-0.4, -0.2) is 10.1 Å². The molecule has 0 aliphatic carbocycles. The van der Waals surface area contributed by atoms with Crippen LogP contribution in [0.4, 0.5) is 0 Å². The van der Waals surface area contributed by atoms with E-state index in [1.807, 2.05) is 42.5 Å². The van der Waals surface area contributed by atoms with E-state index >= 15 is 0 Å². The van der Waals surface area contributed by atoms with E-state index in [2.05, 4.69) is 11.1 Å². The molecule has 0 saturated heterocycles. The van der Waals surface area contributed by atoms with E-state index in [-0.39, 0.29) is 0 Å². The number of fused-ring (bicyclic) bond motifs is 1. The minimum Gasteiger partial charge on any atom is -0.486 e. The molecule has 1 heterocycles. The number of para-hydroxylation sites is 1. The van der Waals surface area contributed by atoms with Gasteiger partial charge in [0.25, 0.3) is 0 Å². The molecule has 2 aromatic carbocycles. The predicted molar refractivity (Wildman–Crippen MR) is 81.0 cm³/mol. The number of ether oxygens (including phenoxy) is 1. The Kier molecular flexibility index (Phi) is 3.67. The Labute approximate surface area is 121 Å². The van der Waals surface area contributed by atoms with Crippen LogP contribution in [0.5, 0.6) is 5.75 Å². The highest BCUT2D eigenvalue weighted by Crippen LogP contribution is 2.23. The standard InChI is InChI=1S/C16H15NO2S/c1-11(18)12-6-8-13(9-7-12)19-10-16-17-14-4-2-3-5-15(14)20-16/h2-9,11,18H,10H2,1H3/t11-/m1/s1. The molecule has 0 bridgehead atoms. The van der Waals surface area contributed by atoms with Crippen molar-refractivity contribution in [1.82, 2.24) is 4.98 Å². The van der Waals surface area contributed by atoms with Crippen molar-refractivity contribution in [1.29, 1.82) is 0 Å². The lowest BCUT2D eigenvalue weighted by Crippen LogP contribution is -1.95. The van der Waals surface area contributed by atoms with Crippen LogP contribution < -0.4 is 4.74 Å². The summed E-state index contributed by atoms with van der Waals surface area (Å²) in [7, 11) is 0. The van der Waals surface area contributed by atoms with Crippen LogP contribution in [0.15, 0.2) is 48.5 Å². The van der Waals surface area contributed by atoms with Crippen LogP contribution in [0.1, 0.15) is 23.6 Å². The average Bonchev–Trinajstić information content (AvgIpc) is 2.88. The Morgan fingerprint density at radius 1 is 1.15 bits per heavy atom. The SMILES string of the molecule is C[C@@H](O)c1ccc(OCc2nc3ccccc3s2)cc1. The minimum atomic E-state index is -0.451. The Balaban J connectivity index is 1.69. The molecule has 20 heavy (non-hydrogen) atoms. The number of rotatable bonds is 4. The highest BCUT2D eigenvalue weighted by molar-refractivity contribution is 7.18. The van der Waals surface area contributed by atoms with E-state index in [9.17, 15) is 5.11 Å². The lowest BCUT2D eigenvalue weighted by atomic mass is 10.1. The molecular weight excluding hydrogens is 270 g/mol. The molecule has 0 aliphatic rings. The normalized spacial score (nSPS) is 12.5. The average molecular weight is 285 g/mol. The summed E-state index contributed by atoms with van der Waals surface area (Å²) in [5, 5.41) is 10.4. The van der Waals surface area contributed by atoms with Crippen LogP contribution in [0.3, 0.4) is 0 Å².